The Hall–Kier alpha value is -1.89. The number of aromatic nitrogens is 1. The summed E-state index contributed by atoms with van der Waals surface area (Å²) in [6, 6.07) is 0. The molecule has 2 heterocycles. The number of hydrogen-bond acceptors (Lipinski definition) is 5. The monoisotopic (exact) mass is 309 g/mol. The smallest absolute Gasteiger partial charge is 0.291 e. The van der Waals surface area contributed by atoms with Gasteiger partial charge in [-0.2, -0.15) is 0 Å². The number of nitrogens with one attached hydrogen (secondary N) is 1. The second-order valence-corrected chi connectivity index (χ2v) is 5.66. The van der Waals surface area contributed by atoms with Gasteiger partial charge in [0.1, 0.15) is 0 Å². The number of nitrogens with zero attached hydrogens (tertiary/aromatic N) is 2. The summed E-state index contributed by atoms with van der Waals surface area (Å²) < 4.78 is 10.9. The van der Waals surface area contributed by atoms with Crippen molar-refractivity contribution in [3.05, 3.63) is 17.8 Å². The molecule has 2 rings (SSSR count). The van der Waals surface area contributed by atoms with E-state index in [9.17, 15) is 9.59 Å². The van der Waals surface area contributed by atoms with Crippen molar-refractivity contribution in [1.82, 2.24) is 15.2 Å². The molecule has 0 unspecified atom stereocenters. The summed E-state index contributed by atoms with van der Waals surface area (Å²) in [4.78, 5) is 29.7. The minimum absolute atomic E-state index is 0.0223. The Bertz CT molecular complexity index is 543. The van der Waals surface area contributed by atoms with Crippen molar-refractivity contribution < 1.29 is 18.7 Å². The SMILES string of the molecule is CNC(=O)CC[C@@]1(OC)CCCN(C(=O)c2ocnc2C)C1. The van der Waals surface area contributed by atoms with Crippen molar-refractivity contribution in [3.8, 4) is 0 Å². The molecule has 1 aliphatic heterocycles. The molecule has 7 heteroatoms. The zero-order chi connectivity index (χ0) is 16.2. The second kappa shape index (κ2) is 6.91. The van der Waals surface area contributed by atoms with Gasteiger partial charge in [0.2, 0.25) is 11.7 Å². The maximum Gasteiger partial charge on any atom is 0.291 e. The summed E-state index contributed by atoms with van der Waals surface area (Å²) >= 11 is 0. The highest BCUT2D eigenvalue weighted by molar-refractivity contribution is 5.92. The maximum absolute atomic E-state index is 12.5. The summed E-state index contributed by atoms with van der Waals surface area (Å²) in [7, 11) is 3.25. The number of likely N-dealkylation sites (tertiary alicyclic amines) is 1. The Labute approximate surface area is 130 Å². The van der Waals surface area contributed by atoms with Gasteiger partial charge in [0.25, 0.3) is 5.91 Å². The van der Waals surface area contributed by atoms with Gasteiger partial charge in [-0.1, -0.05) is 0 Å². The van der Waals surface area contributed by atoms with Gasteiger partial charge in [-0.25, -0.2) is 4.98 Å². The lowest BCUT2D eigenvalue weighted by Crippen LogP contribution is -2.51. The molecule has 1 aromatic rings. The molecular formula is C15H23N3O4. The van der Waals surface area contributed by atoms with Gasteiger partial charge in [0.05, 0.1) is 17.8 Å². The van der Waals surface area contributed by atoms with Crippen molar-refractivity contribution in [2.24, 2.45) is 0 Å². The van der Waals surface area contributed by atoms with Crippen LogP contribution in [0.25, 0.3) is 0 Å². The fourth-order valence-electron chi connectivity index (χ4n) is 2.86. The van der Waals surface area contributed by atoms with E-state index < -0.39 is 5.60 Å². The van der Waals surface area contributed by atoms with E-state index in [4.69, 9.17) is 9.15 Å². The van der Waals surface area contributed by atoms with E-state index in [0.29, 0.717) is 31.6 Å². The molecule has 122 valence electrons. The minimum Gasteiger partial charge on any atom is -0.438 e. The van der Waals surface area contributed by atoms with Crippen LogP contribution >= 0.6 is 0 Å². The van der Waals surface area contributed by atoms with Crippen LogP contribution in [0.15, 0.2) is 10.8 Å². The van der Waals surface area contributed by atoms with Crippen molar-refractivity contribution in [2.75, 3.05) is 27.2 Å². The van der Waals surface area contributed by atoms with Gasteiger partial charge < -0.3 is 19.4 Å². The van der Waals surface area contributed by atoms with Crippen LogP contribution in [0.5, 0.6) is 0 Å². The van der Waals surface area contributed by atoms with E-state index in [1.165, 1.54) is 6.39 Å². The second-order valence-electron chi connectivity index (χ2n) is 5.66. The normalized spacial score (nSPS) is 21.7. The first-order valence-electron chi connectivity index (χ1n) is 7.46. The Morgan fingerprint density at radius 3 is 2.91 bits per heavy atom. The number of oxazole rings is 1. The first-order valence-corrected chi connectivity index (χ1v) is 7.46. The van der Waals surface area contributed by atoms with Crippen molar-refractivity contribution in [2.45, 2.75) is 38.2 Å². The molecule has 0 radical (unpaired) electrons. The van der Waals surface area contributed by atoms with Gasteiger partial charge in [-0.3, -0.25) is 9.59 Å². The molecular weight excluding hydrogens is 286 g/mol. The van der Waals surface area contributed by atoms with E-state index in [2.05, 4.69) is 10.3 Å². The van der Waals surface area contributed by atoms with E-state index >= 15 is 0 Å². The van der Waals surface area contributed by atoms with Crippen LogP contribution in [0, 0.1) is 6.92 Å². The van der Waals surface area contributed by atoms with Gasteiger partial charge in [-0.15, -0.1) is 0 Å². The lowest BCUT2D eigenvalue weighted by atomic mass is 9.87. The van der Waals surface area contributed by atoms with Gasteiger partial charge in [-0.05, 0) is 26.2 Å². The van der Waals surface area contributed by atoms with Crippen LogP contribution in [-0.2, 0) is 9.53 Å². The highest BCUT2D eigenvalue weighted by atomic mass is 16.5. The first-order chi connectivity index (χ1) is 10.5. The molecule has 0 aromatic carbocycles. The zero-order valence-electron chi connectivity index (χ0n) is 13.3. The van der Waals surface area contributed by atoms with Crippen molar-refractivity contribution >= 4 is 11.8 Å². The molecule has 22 heavy (non-hydrogen) atoms. The number of rotatable bonds is 5. The zero-order valence-corrected chi connectivity index (χ0v) is 13.3. The molecule has 0 saturated carbocycles. The van der Waals surface area contributed by atoms with Gasteiger partial charge in [0, 0.05) is 27.1 Å². The molecule has 1 fully saturated rings. The lowest BCUT2D eigenvalue weighted by molar-refractivity contribution is -0.123. The molecule has 0 spiro atoms. The van der Waals surface area contributed by atoms with Gasteiger partial charge in [0.15, 0.2) is 6.39 Å². The average molecular weight is 309 g/mol. The van der Waals surface area contributed by atoms with E-state index in [1.807, 2.05) is 0 Å². The number of ether oxygens (including phenoxy) is 1. The topological polar surface area (TPSA) is 84.7 Å². The number of aryl methyl sites for hydroxylation is 1. The summed E-state index contributed by atoms with van der Waals surface area (Å²) in [6.07, 6.45) is 3.91. The van der Waals surface area contributed by atoms with Crippen LogP contribution < -0.4 is 5.32 Å². The highest BCUT2D eigenvalue weighted by Gasteiger charge is 2.38. The molecule has 1 aliphatic rings. The molecule has 7 nitrogen and oxygen atoms in total. The Morgan fingerprint density at radius 2 is 2.32 bits per heavy atom. The molecule has 0 bridgehead atoms. The Balaban J connectivity index is 2.07. The average Bonchev–Trinajstić information content (AvgIpc) is 2.98. The van der Waals surface area contributed by atoms with Crippen LogP contribution in [-0.4, -0.2) is 54.5 Å². The molecule has 1 aromatic heterocycles. The Morgan fingerprint density at radius 1 is 1.55 bits per heavy atom. The predicted octanol–water partition coefficient (Wildman–Crippen LogP) is 1.13. The Kier molecular flexibility index (Phi) is 5.18. The van der Waals surface area contributed by atoms with E-state index in [1.54, 1.807) is 26.0 Å². The van der Waals surface area contributed by atoms with Crippen LogP contribution in [0.2, 0.25) is 0 Å². The summed E-state index contributed by atoms with van der Waals surface area (Å²) in [5.74, 6) is 0.0835. The van der Waals surface area contributed by atoms with E-state index in [-0.39, 0.29) is 17.6 Å². The van der Waals surface area contributed by atoms with Crippen molar-refractivity contribution in [3.63, 3.8) is 0 Å². The highest BCUT2D eigenvalue weighted by Crippen LogP contribution is 2.30. The number of piperidine rings is 1. The maximum atomic E-state index is 12.5. The summed E-state index contributed by atoms with van der Waals surface area (Å²) in [5, 5.41) is 2.61. The lowest BCUT2D eigenvalue weighted by Gasteiger charge is -2.41. The predicted molar refractivity (Wildman–Crippen MR) is 79.4 cm³/mol. The largest absolute Gasteiger partial charge is 0.438 e. The fourth-order valence-corrected chi connectivity index (χ4v) is 2.86. The number of carbonyl (C=O) groups excluding carboxylic acids is 2. The van der Waals surface area contributed by atoms with Crippen LogP contribution in [0.1, 0.15) is 41.9 Å². The van der Waals surface area contributed by atoms with Crippen LogP contribution in [0.4, 0.5) is 0 Å². The summed E-state index contributed by atoms with van der Waals surface area (Å²) in [5.41, 5.74) is 0.109. The number of hydrogen-bond donors (Lipinski definition) is 1. The number of carbonyl (C=O) groups is 2. The third-order valence-electron chi connectivity index (χ3n) is 4.29. The third kappa shape index (κ3) is 3.47. The standard InChI is InChI=1S/C15H23N3O4/c1-11-13(22-10-17-11)14(20)18-8-4-6-15(9-18,21-3)7-5-12(19)16-2/h10H,4-9H2,1-3H3,(H,16,19)/t15-/m0/s1. The van der Waals surface area contributed by atoms with E-state index in [0.717, 1.165) is 12.8 Å². The molecule has 2 amide bonds. The molecule has 1 saturated heterocycles. The quantitative estimate of drug-likeness (QED) is 0.881. The number of methoxy groups -OCH3 is 1. The third-order valence-corrected chi connectivity index (χ3v) is 4.29. The summed E-state index contributed by atoms with van der Waals surface area (Å²) in [6.45, 7) is 2.86. The fraction of sp³-hybridized carbons (Fsp3) is 0.667. The van der Waals surface area contributed by atoms with Gasteiger partial charge >= 0.3 is 0 Å². The minimum atomic E-state index is -0.478. The molecule has 1 N–H and O–H groups in total. The molecule has 0 aliphatic carbocycles. The first kappa shape index (κ1) is 16.5. The molecule has 1 atom stereocenters. The van der Waals surface area contributed by atoms with Crippen molar-refractivity contribution in [1.29, 1.82) is 0 Å². The number of amides is 2. The van der Waals surface area contributed by atoms with Crippen LogP contribution in [0.3, 0.4) is 0 Å².